The van der Waals surface area contributed by atoms with Gasteiger partial charge in [-0.3, -0.25) is 9.59 Å². The van der Waals surface area contributed by atoms with Crippen LogP contribution in [-0.4, -0.2) is 42.9 Å². The van der Waals surface area contributed by atoms with Gasteiger partial charge in [0.2, 0.25) is 0 Å². The van der Waals surface area contributed by atoms with Crippen molar-refractivity contribution >= 4 is 23.2 Å². The van der Waals surface area contributed by atoms with Crippen LogP contribution in [0.25, 0.3) is 0 Å². The number of hydrogen-bond acceptors (Lipinski definition) is 4. The Hall–Kier alpha value is -4.58. The van der Waals surface area contributed by atoms with E-state index in [1.165, 1.54) is 0 Å². The van der Waals surface area contributed by atoms with Gasteiger partial charge in [-0.2, -0.15) is 0 Å². The van der Waals surface area contributed by atoms with Gasteiger partial charge in [0.25, 0.3) is 11.8 Å². The number of rotatable bonds is 7. The van der Waals surface area contributed by atoms with Gasteiger partial charge in [-0.15, -0.1) is 0 Å². The van der Waals surface area contributed by atoms with E-state index in [0.717, 1.165) is 16.9 Å². The van der Waals surface area contributed by atoms with Gasteiger partial charge in [0.1, 0.15) is 12.4 Å². The summed E-state index contributed by atoms with van der Waals surface area (Å²) in [6, 6.07) is 34.3. The standard InChI is InChI=1S/C31H29N3O3/c35-30(26-14-9-15-27(22-26)37-23-24-10-3-1-4-11-24)32-28-16-7-8-17-29(28)33-18-20-34(21-19-33)31(36)25-12-5-2-6-13-25/h1-17,22H,18-21,23H2,(H,32,35). The van der Waals surface area contributed by atoms with Gasteiger partial charge >= 0.3 is 0 Å². The second-order valence-electron chi connectivity index (χ2n) is 8.92. The van der Waals surface area contributed by atoms with Crippen molar-refractivity contribution < 1.29 is 14.3 Å². The van der Waals surface area contributed by atoms with Crippen molar-refractivity contribution in [1.29, 1.82) is 0 Å². The molecule has 0 saturated carbocycles. The third-order valence-corrected chi connectivity index (χ3v) is 6.43. The van der Waals surface area contributed by atoms with Crippen LogP contribution in [0.4, 0.5) is 11.4 Å². The first kappa shape index (κ1) is 24.1. The molecule has 186 valence electrons. The van der Waals surface area contributed by atoms with E-state index < -0.39 is 0 Å². The Balaban J connectivity index is 1.22. The van der Waals surface area contributed by atoms with Crippen LogP contribution >= 0.6 is 0 Å². The largest absolute Gasteiger partial charge is 0.489 e. The first-order chi connectivity index (χ1) is 18.2. The summed E-state index contributed by atoms with van der Waals surface area (Å²) in [4.78, 5) is 30.0. The lowest BCUT2D eigenvalue weighted by Gasteiger charge is -2.37. The normalized spacial score (nSPS) is 13.2. The van der Waals surface area contributed by atoms with Crippen LogP contribution in [0.1, 0.15) is 26.3 Å². The van der Waals surface area contributed by atoms with E-state index >= 15 is 0 Å². The van der Waals surface area contributed by atoms with E-state index in [4.69, 9.17) is 4.74 Å². The number of anilines is 2. The lowest BCUT2D eigenvalue weighted by Crippen LogP contribution is -2.49. The SMILES string of the molecule is O=C(Nc1ccccc1N1CCN(C(=O)c2ccccc2)CC1)c1cccc(OCc2ccccc2)c1. The van der Waals surface area contributed by atoms with Crippen LogP contribution in [0.3, 0.4) is 0 Å². The Morgan fingerprint density at radius 2 is 1.35 bits per heavy atom. The fraction of sp³-hybridized carbons (Fsp3) is 0.161. The summed E-state index contributed by atoms with van der Waals surface area (Å²) in [5.41, 5.74) is 3.99. The summed E-state index contributed by atoms with van der Waals surface area (Å²) in [5.74, 6) is 0.496. The van der Waals surface area contributed by atoms with E-state index in [9.17, 15) is 9.59 Å². The maximum absolute atomic E-state index is 13.1. The summed E-state index contributed by atoms with van der Waals surface area (Å²) < 4.78 is 5.89. The maximum Gasteiger partial charge on any atom is 0.255 e. The first-order valence-electron chi connectivity index (χ1n) is 12.4. The number of ether oxygens (including phenoxy) is 1. The Morgan fingerprint density at radius 1 is 0.703 bits per heavy atom. The van der Waals surface area contributed by atoms with E-state index in [2.05, 4.69) is 10.2 Å². The monoisotopic (exact) mass is 491 g/mol. The summed E-state index contributed by atoms with van der Waals surface area (Å²) in [5, 5.41) is 3.07. The minimum absolute atomic E-state index is 0.0520. The number of piperazine rings is 1. The van der Waals surface area contributed by atoms with Gasteiger partial charge in [0.05, 0.1) is 11.4 Å². The summed E-state index contributed by atoms with van der Waals surface area (Å²) >= 11 is 0. The van der Waals surface area contributed by atoms with Crippen LogP contribution in [0.5, 0.6) is 5.75 Å². The molecule has 1 aliphatic rings. The van der Waals surface area contributed by atoms with Crippen LogP contribution in [0, 0.1) is 0 Å². The van der Waals surface area contributed by atoms with Gasteiger partial charge in [0, 0.05) is 37.3 Å². The number of nitrogens with one attached hydrogen (secondary N) is 1. The van der Waals surface area contributed by atoms with Crippen molar-refractivity contribution in [1.82, 2.24) is 4.90 Å². The third kappa shape index (κ3) is 5.98. The molecule has 1 aliphatic heterocycles. The fourth-order valence-electron chi connectivity index (χ4n) is 4.43. The number of hydrogen-bond donors (Lipinski definition) is 1. The van der Waals surface area contributed by atoms with Crippen molar-refractivity contribution in [3.63, 3.8) is 0 Å². The van der Waals surface area contributed by atoms with Crippen molar-refractivity contribution in [2.24, 2.45) is 0 Å². The maximum atomic E-state index is 13.1. The van der Waals surface area contributed by atoms with Gasteiger partial charge in [0.15, 0.2) is 0 Å². The van der Waals surface area contributed by atoms with Crippen molar-refractivity contribution in [3.8, 4) is 5.75 Å². The predicted octanol–water partition coefficient (Wildman–Crippen LogP) is 5.48. The molecule has 1 saturated heterocycles. The highest BCUT2D eigenvalue weighted by Gasteiger charge is 2.24. The number of benzene rings is 4. The van der Waals surface area contributed by atoms with Gasteiger partial charge in [-0.25, -0.2) is 0 Å². The smallest absolute Gasteiger partial charge is 0.255 e. The lowest BCUT2D eigenvalue weighted by molar-refractivity contribution is 0.0746. The molecule has 0 aromatic heterocycles. The second-order valence-corrected chi connectivity index (χ2v) is 8.92. The highest BCUT2D eigenvalue weighted by molar-refractivity contribution is 6.06. The zero-order valence-electron chi connectivity index (χ0n) is 20.5. The first-order valence-corrected chi connectivity index (χ1v) is 12.4. The van der Waals surface area contributed by atoms with Gasteiger partial charge in [-0.1, -0.05) is 66.7 Å². The molecule has 4 aromatic rings. The quantitative estimate of drug-likeness (QED) is 0.372. The molecule has 5 rings (SSSR count). The minimum atomic E-state index is -0.199. The summed E-state index contributed by atoms with van der Waals surface area (Å²) in [6.45, 7) is 3.06. The number of amides is 2. The van der Waals surface area contributed by atoms with E-state index in [0.29, 0.717) is 49.7 Å². The molecule has 37 heavy (non-hydrogen) atoms. The Bertz CT molecular complexity index is 1350. The van der Waals surface area contributed by atoms with Gasteiger partial charge in [-0.05, 0) is 48.0 Å². The Kier molecular flexibility index (Phi) is 7.46. The number of carbonyl (C=O) groups is 2. The number of nitrogens with zero attached hydrogens (tertiary/aromatic N) is 2. The molecule has 1 fully saturated rings. The molecular weight excluding hydrogens is 462 g/mol. The molecule has 6 nitrogen and oxygen atoms in total. The molecule has 2 amide bonds. The molecule has 1 heterocycles. The fourth-order valence-corrected chi connectivity index (χ4v) is 4.43. The highest BCUT2D eigenvalue weighted by atomic mass is 16.5. The predicted molar refractivity (Wildman–Crippen MR) is 146 cm³/mol. The van der Waals surface area contributed by atoms with E-state index in [-0.39, 0.29) is 11.8 Å². The molecule has 6 heteroatoms. The average molecular weight is 492 g/mol. The zero-order chi connectivity index (χ0) is 25.5. The molecule has 0 spiro atoms. The highest BCUT2D eigenvalue weighted by Crippen LogP contribution is 2.28. The van der Waals surface area contributed by atoms with Crippen LogP contribution < -0.4 is 15.0 Å². The van der Waals surface area contributed by atoms with E-state index in [1.807, 2.05) is 102 Å². The zero-order valence-corrected chi connectivity index (χ0v) is 20.5. The number of para-hydroxylation sites is 2. The lowest BCUT2D eigenvalue weighted by atomic mass is 10.1. The molecular formula is C31H29N3O3. The third-order valence-electron chi connectivity index (χ3n) is 6.43. The van der Waals surface area contributed by atoms with Crippen LogP contribution in [0.15, 0.2) is 109 Å². The second kappa shape index (κ2) is 11.4. The van der Waals surface area contributed by atoms with Crippen molar-refractivity contribution in [2.45, 2.75) is 6.61 Å². The molecule has 0 unspecified atom stereocenters. The molecule has 0 aliphatic carbocycles. The molecule has 4 aromatic carbocycles. The number of carbonyl (C=O) groups excluding carboxylic acids is 2. The molecule has 1 N–H and O–H groups in total. The minimum Gasteiger partial charge on any atom is -0.489 e. The molecule has 0 atom stereocenters. The van der Waals surface area contributed by atoms with Crippen LogP contribution in [0.2, 0.25) is 0 Å². The Labute approximate surface area is 217 Å². The average Bonchev–Trinajstić information content (AvgIpc) is 2.97. The molecule has 0 bridgehead atoms. The van der Waals surface area contributed by atoms with E-state index in [1.54, 1.807) is 12.1 Å². The van der Waals surface area contributed by atoms with Crippen molar-refractivity contribution in [2.75, 3.05) is 36.4 Å². The van der Waals surface area contributed by atoms with Gasteiger partial charge < -0.3 is 19.9 Å². The van der Waals surface area contributed by atoms with Crippen molar-refractivity contribution in [3.05, 3.63) is 126 Å². The topological polar surface area (TPSA) is 61.9 Å². The van der Waals surface area contributed by atoms with Crippen LogP contribution in [-0.2, 0) is 6.61 Å². The summed E-state index contributed by atoms with van der Waals surface area (Å²) in [6.07, 6.45) is 0. The summed E-state index contributed by atoms with van der Waals surface area (Å²) in [7, 11) is 0. The Morgan fingerprint density at radius 3 is 2.11 bits per heavy atom. The molecule has 0 radical (unpaired) electrons.